The number of nitrogens with zero attached hydrogens (tertiary/aromatic N) is 5. The first-order chi connectivity index (χ1) is 17.2. The number of anilines is 1. The lowest BCUT2D eigenvalue weighted by Gasteiger charge is -2.31. The number of aryl methyl sites for hydroxylation is 2. The van der Waals surface area contributed by atoms with Gasteiger partial charge in [-0.3, -0.25) is 0 Å². The molecule has 1 N–H and O–H groups in total. The van der Waals surface area contributed by atoms with Gasteiger partial charge < -0.3 is 14.7 Å². The predicted octanol–water partition coefficient (Wildman–Crippen LogP) is 4.79. The molecule has 0 spiro atoms. The smallest absolute Gasteiger partial charge is 0.181 e. The molecule has 1 saturated heterocycles. The van der Waals surface area contributed by atoms with Crippen molar-refractivity contribution in [2.75, 3.05) is 24.6 Å². The zero-order valence-corrected chi connectivity index (χ0v) is 20.8. The van der Waals surface area contributed by atoms with E-state index < -0.39 is 0 Å². The van der Waals surface area contributed by atoms with Crippen molar-refractivity contribution in [3.63, 3.8) is 0 Å². The summed E-state index contributed by atoms with van der Waals surface area (Å²) in [6.07, 6.45) is 4.91. The van der Waals surface area contributed by atoms with Gasteiger partial charge in [0.05, 0.1) is 17.2 Å². The average Bonchev–Trinajstić information content (AvgIpc) is 3.57. The van der Waals surface area contributed by atoms with Crippen molar-refractivity contribution < 1.29 is 9.84 Å². The number of ether oxygens (including phenoxy) is 1. The topological polar surface area (TPSA) is 76.3 Å². The number of aromatic nitrogens is 4. The highest BCUT2D eigenvalue weighted by atomic mass is 32.1. The highest BCUT2D eigenvalue weighted by Gasteiger charge is 2.19. The van der Waals surface area contributed by atoms with Crippen molar-refractivity contribution in [3.8, 4) is 17.1 Å². The van der Waals surface area contributed by atoms with Crippen LogP contribution in [0.1, 0.15) is 36.6 Å². The van der Waals surface area contributed by atoms with Crippen molar-refractivity contribution >= 4 is 17.0 Å². The van der Waals surface area contributed by atoms with Crippen LogP contribution in [0.5, 0.6) is 5.75 Å². The number of benzene rings is 2. The number of para-hydroxylation sites is 1. The van der Waals surface area contributed by atoms with Gasteiger partial charge in [-0.05, 0) is 56.2 Å². The second-order valence-electron chi connectivity index (χ2n) is 8.96. The van der Waals surface area contributed by atoms with E-state index in [1.807, 2.05) is 46.6 Å². The van der Waals surface area contributed by atoms with Crippen LogP contribution < -0.4 is 9.64 Å². The summed E-state index contributed by atoms with van der Waals surface area (Å²) < 4.78 is 8.02. The molecule has 8 heteroatoms. The zero-order chi connectivity index (χ0) is 24.0. The number of hydrogen-bond acceptors (Lipinski definition) is 7. The molecule has 0 aliphatic carbocycles. The van der Waals surface area contributed by atoms with Gasteiger partial charge in [-0.15, -0.1) is 11.3 Å². The lowest BCUT2D eigenvalue weighted by molar-refractivity contribution is 0.145. The SMILES string of the molecule is CC(COc1ccccc1)n1nc(-c2ccc(N3CCC(O)CC3)cc2)nc1CCc1nccs1. The van der Waals surface area contributed by atoms with E-state index in [-0.39, 0.29) is 12.1 Å². The van der Waals surface area contributed by atoms with E-state index in [9.17, 15) is 5.11 Å². The van der Waals surface area contributed by atoms with Crippen molar-refractivity contribution in [1.82, 2.24) is 19.7 Å². The fourth-order valence-electron chi connectivity index (χ4n) is 4.35. The Morgan fingerprint density at radius 2 is 1.83 bits per heavy atom. The third-order valence-electron chi connectivity index (χ3n) is 6.35. The summed E-state index contributed by atoms with van der Waals surface area (Å²) in [4.78, 5) is 11.7. The van der Waals surface area contributed by atoms with Gasteiger partial charge in [0.15, 0.2) is 5.82 Å². The summed E-state index contributed by atoms with van der Waals surface area (Å²) >= 11 is 1.67. The van der Waals surface area contributed by atoms with Gasteiger partial charge in [0.2, 0.25) is 0 Å². The second kappa shape index (κ2) is 11.0. The van der Waals surface area contributed by atoms with E-state index >= 15 is 0 Å². The Morgan fingerprint density at radius 1 is 1.06 bits per heavy atom. The summed E-state index contributed by atoms with van der Waals surface area (Å²) in [7, 11) is 0. The number of hydrogen-bond donors (Lipinski definition) is 1. The van der Waals surface area contributed by atoms with E-state index in [0.717, 1.165) is 66.7 Å². The Bertz CT molecular complexity index is 1190. The van der Waals surface area contributed by atoms with Gasteiger partial charge in [0, 0.05) is 48.8 Å². The Kier molecular flexibility index (Phi) is 7.39. The van der Waals surface area contributed by atoms with Crippen molar-refractivity contribution in [3.05, 3.63) is 77.0 Å². The van der Waals surface area contributed by atoms with E-state index in [4.69, 9.17) is 14.8 Å². The third-order valence-corrected chi connectivity index (χ3v) is 7.19. The molecular formula is C27H31N5O2S. The predicted molar refractivity (Wildman–Crippen MR) is 139 cm³/mol. The average molecular weight is 490 g/mol. The number of aliphatic hydroxyl groups is 1. The monoisotopic (exact) mass is 489 g/mol. The molecule has 5 rings (SSSR count). The molecule has 1 aliphatic rings. The van der Waals surface area contributed by atoms with Gasteiger partial charge in [-0.1, -0.05) is 18.2 Å². The minimum atomic E-state index is -0.172. The molecule has 35 heavy (non-hydrogen) atoms. The molecule has 0 amide bonds. The molecule has 1 fully saturated rings. The molecule has 4 aromatic rings. The molecule has 3 heterocycles. The van der Waals surface area contributed by atoms with E-state index in [2.05, 4.69) is 41.1 Å². The van der Waals surface area contributed by atoms with Crippen molar-refractivity contribution in [1.29, 1.82) is 0 Å². The number of rotatable bonds is 9. The molecule has 0 bridgehead atoms. The first kappa shape index (κ1) is 23.5. The molecule has 2 aromatic heterocycles. The van der Waals surface area contributed by atoms with Gasteiger partial charge >= 0.3 is 0 Å². The maximum absolute atomic E-state index is 9.79. The van der Waals surface area contributed by atoms with E-state index in [1.165, 1.54) is 5.69 Å². The van der Waals surface area contributed by atoms with Crippen LogP contribution in [-0.4, -0.2) is 50.7 Å². The minimum Gasteiger partial charge on any atom is -0.491 e. The molecule has 1 unspecified atom stereocenters. The molecule has 1 aliphatic heterocycles. The fraction of sp³-hybridized carbons (Fsp3) is 0.370. The van der Waals surface area contributed by atoms with Crippen LogP contribution in [0.15, 0.2) is 66.2 Å². The zero-order valence-electron chi connectivity index (χ0n) is 20.0. The summed E-state index contributed by atoms with van der Waals surface area (Å²) in [5, 5.41) is 17.8. The summed E-state index contributed by atoms with van der Waals surface area (Å²) in [6.45, 7) is 4.39. The quantitative estimate of drug-likeness (QED) is 0.364. The normalized spacial score (nSPS) is 15.3. The van der Waals surface area contributed by atoms with Crippen LogP contribution in [0.3, 0.4) is 0 Å². The van der Waals surface area contributed by atoms with Gasteiger partial charge in [-0.2, -0.15) is 5.10 Å². The van der Waals surface area contributed by atoms with Crippen LogP contribution in [0.4, 0.5) is 5.69 Å². The minimum absolute atomic E-state index is 0.0294. The molecule has 0 radical (unpaired) electrons. The Morgan fingerprint density at radius 3 is 2.54 bits per heavy atom. The number of aliphatic hydroxyl groups excluding tert-OH is 1. The van der Waals surface area contributed by atoms with Gasteiger partial charge in [0.1, 0.15) is 18.2 Å². The maximum atomic E-state index is 9.79. The van der Waals surface area contributed by atoms with Gasteiger partial charge in [-0.25, -0.2) is 14.6 Å². The Hall–Kier alpha value is -3.23. The molecule has 7 nitrogen and oxygen atoms in total. The third kappa shape index (κ3) is 5.89. The molecular weight excluding hydrogens is 458 g/mol. The van der Waals surface area contributed by atoms with Gasteiger partial charge in [0.25, 0.3) is 0 Å². The second-order valence-corrected chi connectivity index (χ2v) is 9.94. The van der Waals surface area contributed by atoms with E-state index in [1.54, 1.807) is 11.3 Å². The lowest BCUT2D eigenvalue weighted by atomic mass is 10.1. The summed E-state index contributed by atoms with van der Waals surface area (Å²) in [5.74, 6) is 2.52. The molecule has 182 valence electrons. The summed E-state index contributed by atoms with van der Waals surface area (Å²) in [6, 6.07) is 18.3. The Labute approximate surface area is 210 Å². The van der Waals surface area contributed by atoms with Crippen LogP contribution >= 0.6 is 11.3 Å². The van der Waals surface area contributed by atoms with Crippen molar-refractivity contribution in [2.45, 2.75) is 44.8 Å². The molecule has 0 saturated carbocycles. The first-order valence-electron chi connectivity index (χ1n) is 12.2. The van der Waals surface area contributed by atoms with Crippen LogP contribution in [0.2, 0.25) is 0 Å². The van der Waals surface area contributed by atoms with E-state index in [0.29, 0.717) is 6.61 Å². The number of thiazole rings is 1. The van der Waals surface area contributed by atoms with Crippen molar-refractivity contribution in [2.24, 2.45) is 0 Å². The molecule has 2 aromatic carbocycles. The highest BCUT2D eigenvalue weighted by molar-refractivity contribution is 7.09. The standard InChI is InChI=1S/C27H31N5O2S/c1-20(19-34-24-5-3-2-4-6-24)32-25(11-12-26-28-15-18-35-26)29-27(30-32)21-7-9-22(10-8-21)31-16-13-23(33)14-17-31/h2-10,15,18,20,23,33H,11-14,16-17,19H2,1H3. The highest BCUT2D eigenvalue weighted by Crippen LogP contribution is 2.25. The molecule has 1 atom stereocenters. The van der Waals surface area contributed by atoms with Crippen LogP contribution in [0.25, 0.3) is 11.4 Å². The largest absolute Gasteiger partial charge is 0.491 e. The summed E-state index contributed by atoms with van der Waals surface area (Å²) in [5.41, 5.74) is 2.17. The number of piperidine rings is 1. The lowest BCUT2D eigenvalue weighted by Crippen LogP contribution is -2.35. The van der Waals surface area contributed by atoms with Crippen LogP contribution in [0, 0.1) is 0 Å². The maximum Gasteiger partial charge on any atom is 0.181 e. The Balaban J connectivity index is 1.34. The fourth-order valence-corrected chi connectivity index (χ4v) is 4.97. The van der Waals surface area contributed by atoms with Crippen LogP contribution in [-0.2, 0) is 12.8 Å². The first-order valence-corrected chi connectivity index (χ1v) is 13.1.